The van der Waals surface area contributed by atoms with Crippen LogP contribution >= 0.6 is 7.05 Å². The second kappa shape index (κ2) is 5.97. The van der Waals surface area contributed by atoms with Gasteiger partial charge in [-0.1, -0.05) is 60.7 Å². The summed E-state index contributed by atoms with van der Waals surface area (Å²) in [6, 6.07) is 21.5. The molecule has 0 spiro atoms. The SMILES string of the molecule is CC(C)(C)N=P(C)(Cc1ccccc1)c1ccccc1. The van der Waals surface area contributed by atoms with E-state index in [1.807, 2.05) is 0 Å². The third kappa shape index (κ3) is 4.08. The Morgan fingerprint density at radius 2 is 1.35 bits per heavy atom. The third-order valence-electron chi connectivity index (χ3n) is 3.17. The molecule has 1 unspecified atom stereocenters. The summed E-state index contributed by atoms with van der Waals surface area (Å²) < 4.78 is 5.22. The third-order valence-corrected chi connectivity index (χ3v) is 6.60. The van der Waals surface area contributed by atoms with Gasteiger partial charge in [0.15, 0.2) is 0 Å². The van der Waals surface area contributed by atoms with Crippen LogP contribution in [0.2, 0.25) is 0 Å². The van der Waals surface area contributed by atoms with Crippen LogP contribution in [0.15, 0.2) is 65.4 Å². The first-order chi connectivity index (χ1) is 9.39. The van der Waals surface area contributed by atoms with Crippen LogP contribution in [0.1, 0.15) is 26.3 Å². The smallest absolute Gasteiger partial charge is 0.0513 e. The van der Waals surface area contributed by atoms with Crippen molar-refractivity contribution in [2.45, 2.75) is 32.5 Å². The van der Waals surface area contributed by atoms with Gasteiger partial charge in [0.2, 0.25) is 0 Å². The zero-order valence-corrected chi connectivity index (χ0v) is 13.8. The summed E-state index contributed by atoms with van der Waals surface area (Å²) in [6.45, 7) is 8.93. The van der Waals surface area contributed by atoms with Crippen molar-refractivity contribution in [3.63, 3.8) is 0 Å². The molecule has 0 aliphatic carbocycles. The minimum Gasteiger partial charge on any atom is -0.293 e. The Balaban J connectivity index is 2.48. The van der Waals surface area contributed by atoms with E-state index >= 15 is 0 Å². The number of nitrogens with zero attached hydrogens (tertiary/aromatic N) is 1. The van der Waals surface area contributed by atoms with Gasteiger partial charge in [0.1, 0.15) is 0 Å². The highest BCUT2D eigenvalue weighted by Crippen LogP contribution is 2.49. The van der Waals surface area contributed by atoms with Gasteiger partial charge in [-0.25, -0.2) is 0 Å². The maximum atomic E-state index is 5.22. The van der Waals surface area contributed by atoms with Crippen LogP contribution in [0, 0.1) is 0 Å². The van der Waals surface area contributed by atoms with E-state index in [9.17, 15) is 0 Å². The predicted octanol–water partition coefficient (Wildman–Crippen LogP) is 5.14. The summed E-state index contributed by atoms with van der Waals surface area (Å²) in [7, 11) is -1.54. The van der Waals surface area contributed by atoms with Gasteiger partial charge in [0, 0.05) is 13.2 Å². The van der Waals surface area contributed by atoms with Crippen molar-refractivity contribution < 1.29 is 0 Å². The lowest BCUT2D eigenvalue weighted by molar-refractivity contribution is 0.590. The number of hydrogen-bond acceptors (Lipinski definition) is 1. The first-order valence-corrected chi connectivity index (χ1v) is 9.46. The molecule has 2 rings (SSSR count). The summed E-state index contributed by atoms with van der Waals surface area (Å²) in [4.78, 5) is 0. The van der Waals surface area contributed by atoms with Gasteiger partial charge in [-0.3, -0.25) is 4.74 Å². The van der Waals surface area contributed by atoms with Crippen molar-refractivity contribution in [1.29, 1.82) is 0 Å². The minimum absolute atomic E-state index is 0.00680. The molecule has 0 amide bonds. The quantitative estimate of drug-likeness (QED) is 0.692. The molecule has 106 valence electrons. The van der Waals surface area contributed by atoms with Gasteiger partial charge in [-0.2, -0.15) is 0 Å². The van der Waals surface area contributed by atoms with E-state index in [-0.39, 0.29) is 5.54 Å². The molecule has 0 heterocycles. The van der Waals surface area contributed by atoms with Crippen LogP contribution in [0.4, 0.5) is 0 Å². The molecule has 0 saturated heterocycles. The van der Waals surface area contributed by atoms with Crippen molar-refractivity contribution in [3.05, 3.63) is 66.2 Å². The summed E-state index contributed by atoms with van der Waals surface area (Å²) in [5, 5.41) is 1.39. The summed E-state index contributed by atoms with van der Waals surface area (Å²) in [6.07, 6.45) is 1.04. The molecule has 0 radical (unpaired) electrons. The Hall–Kier alpha value is -1.33. The average Bonchev–Trinajstić information content (AvgIpc) is 2.39. The molecular formula is C18H24NP. The molecule has 2 aromatic rings. The minimum atomic E-state index is -1.54. The first-order valence-electron chi connectivity index (χ1n) is 7.09. The van der Waals surface area contributed by atoms with Crippen LogP contribution in [0.25, 0.3) is 0 Å². The van der Waals surface area contributed by atoms with E-state index in [1.165, 1.54) is 10.9 Å². The highest BCUT2D eigenvalue weighted by atomic mass is 31.2. The van der Waals surface area contributed by atoms with Crippen molar-refractivity contribution in [1.82, 2.24) is 0 Å². The maximum Gasteiger partial charge on any atom is 0.0513 e. The molecule has 0 aromatic heterocycles. The van der Waals surface area contributed by atoms with Crippen LogP contribution in [-0.4, -0.2) is 12.2 Å². The van der Waals surface area contributed by atoms with Gasteiger partial charge < -0.3 is 0 Å². The number of rotatable bonds is 3. The molecule has 0 fully saturated rings. The standard InChI is InChI=1S/C18H24NP/c1-18(2,3)19-20(4,17-13-9-6-10-14-17)15-16-11-7-5-8-12-16/h5-14H,15H2,1-4H3. The fourth-order valence-corrected chi connectivity index (χ4v) is 5.96. The molecule has 2 aromatic carbocycles. The highest BCUT2D eigenvalue weighted by molar-refractivity contribution is 7.72. The van der Waals surface area contributed by atoms with Crippen LogP contribution in [0.3, 0.4) is 0 Å². The van der Waals surface area contributed by atoms with E-state index in [1.54, 1.807) is 0 Å². The van der Waals surface area contributed by atoms with Gasteiger partial charge >= 0.3 is 0 Å². The molecule has 1 nitrogen and oxygen atoms in total. The largest absolute Gasteiger partial charge is 0.293 e. The van der Waals surface area contributed by atoms with Gasteiger partial charge in [-0.05, 0) is 38.3 Å². The Morgan fingerprint density at radius 1 is 0.850 bits per heavy atom. The zero-order valence-electron chi connectivity index (χ0n) is 12.9. The van der Waals surface area contributed by atoms with Crippen LogP contribution in [0.5, 0.6) is 0 Å². The fourth-order valence-electron chi connectivity index (χ4n) is 2.53. The van der Waals surface area contributed by atoms with E-state index in [0.717, 1.165) is 6.16 Å². The van der Waals surface area contributed by atoms with E-state index in [4.69, 9.17) is 4.74 Å². The average molecular weight is 285 g/mol. The second-order valence-electron chi connectivity index (χ2n) is 6.39. The molecule has 0 bridgehead atoms. The zero-order chi connectivity index (χ0) is 14.6. The first kappa shape index (κ1) is 15.1. The Morgan fingerprint density at radius 3 is 1.85 bits per heavy atom. The lowest BCUT2D eigenvalue weighted by atomic mass is 10.1. The second-order valence-corrected chi connectivity index (χ2v) is 9.70. The lowest BCUT2D eigenvalue weighted by Crippen LogP contribution is -2.14. The van der Waals surface area contributed by atoms with Gasteiger partial charge in [0.25, 0.3) is 0 Å². The predicted molar refractivity (Wildman–Crippen MR) is 91.2 cm³/mol. The lowest BCUT2D eigenvalue weighted by Gasteiger charge is -2.26. The maximum absolute atomic E-state index is 5.22. The summed E-state index contributed by atoms with van der Waals surface area (Å²) in [5.41, 5.74) is 1.37. The molecule has 20 heavy (non-hydrogen) atoms. The number of hydrogen-bond donors (Lipinski definition) is 0. The van der Waals surface area contributed by atoms with E-state index in [0.29, 0.717) is 0 Å². The summed E-state index contributed by atoms with van der Waals surface area (Å²) >= 11 is 0. The highest BCUT2D eigenvalue weighted by Gasteiger charge is 2.20. The van der Waals surface area contributed by atoms with E-state index < -0.39 is 7.05 Å². The molecular weight excluding hydrogens is 261 g/mol. The number of benzene rings is 2. The van der Waals surface area contributed by atoms with Crippen molar-refractivity contribution in [3.8, 4) is 0 Å². The van der Waals surface area contributed by atoms with Crippen LogP contribution < -0.4 is 5.30 Å². The normalized spacial score (nSPS) is 14.6. The van der Waals surface area contributed by atoms with Crippen LogP contribution in [-0.2, 0) is 6.16 Å². The van der Waals surface area contributed by atoms with Crippen molar-refractivity contribution >= 4 is 12.4 Å². The topological polar surface area (TPSA) is 12.4 Å². The monoisotopic (exact) mass is 285 g/mol. The molecule has 0 aliphatic rings. The van der Waals surface area contributed by atoms with Gasteiger partial charge in [-0.15, -0.1) is 0 Å². The van der Waals surface area contributed by atoms with Crippen molar-refractivity contribution in [2.75, 3.05) is 6.66 Å². The molecule has 2 heteroatoms. The van der Waals surface area contributed by atoms with Gasteiger partial charge in [0.05, 0.1) is 5.54 Å². The van der Waals surface area contributed by atoms with Crippen molar-refractivity contribution in [2.24, 2.45) is 4.74 Å². The Labute approximate surface area is 123 Å². The van der Waals surface area contributed by atoms with E-state index in [2.05, 4.69) is 88.1 Å². The molecule has 0 N–H and O–H groups in total. The fraction of sp³-hybridized carbons (Fsp3) is 0.333. The Bertz CT molecular complexity index is 594. The molecule has 1 atom stereocenters. The summed E-state index contributed by atoms with van der Waals surface area (Å²) in [5.74, 6) is 0. The Kier molecular flexibility index (Phi) is 4.50. The molecule has 0 saturated carbocycles. The molecule has 0 aliphatic heterocycles.